The predicted molar refractivity (Wildman–Crippen MR) is 62.6 cm³/mol. The van der Waals surface area contributed by atoms with E-state index in [0.29, 0.717) is 6.54 Å². The van der Waals surface area contributed by atoms with E-state index in [0.717, 1.165) is 35.1 Å². The van der Waals surface area contributed by atoms with Crippen LogP contribution in [-0.4, -0.2) is 18.1 Å². The van der Waals surface area contributed by atoms with Crippen LogP contribution in [0.3, 0.4) is 0 Å². The third-order valence-corrected chi connectivity index (χ3v) is 3.09. The first-order valence-corrected chi connectivity index (χ1v) is 5.69. The average molecular weight is 246 g/mol. The van der Waals surface area contributed by atoms with Crippen LogP contribution in [0.15, 0.2) is 18.2 Å². The molecule has 1 saturated heterocycles. The van der Waals surface area contributed by atoms with Gasteiger partial charge in [-0.05, 0) is 18.6 Å². The molecule has 0 spiro atoms. The van der Waals surface area contributed by atoms with Crippen LogP contribution in [0, 0.1) is 0 Å². The fourth-order valence-electron chi connectivity index (χ4n) is 1.57. The summed E-state index contributed by atoms with van der Waals surface area (Å²) in [6.45, 7) is 2.70. The largest absolute Gasteiger partial charge is 0.244 e. The van der Waals surface area contributed by atoms with Crippen molar-refractivity contribution in [2.24, 2.45) is 0 Å². The zero-order valence-corrected chi connectivity index (χ0v) is 9.78. The lowest BCUT2D eigenvalue weighted by atomic mass is 10.2. The second-order valence-corrected chi connectivity index (χ2v) is 4.33. The summed E-state index contributed by atoms with van der Waals surface area (Å²) in [5.41, 5.74) is 7.14. The molecule has 1 aliphatic heterocycles. The van der Waals surface area contributed by atoms with Crippen LogP contribution in [-0.2, 0) is 6.54 Å². The normalized spacial score (nSPS) is 18.0. The highest BCUT2D eigenvalue weighted by Gasteiger charge is 2.13. The monoisotopic (exact) mass is 245 g/mol. The zero-order chi connectivity index (χ0) is 10.7. The van der Waals surface area contributed by atoms with Gasteiger partial charge in [-0.2, -0.15) is 5.53 Å². The van der Waals surface area contributed by atoms with E-state index in [-0.39, 0.29) is 0 Å². The van der Waals surface area contributed by atoms with Gasteiger partial charge in [0.1, 0.15) is 0 Å². The lowest BCUT2D eigenvalue weighted by Crippen LogP contribution is -2.52. The fourth-order valence-corrected chi connectivity index (χ4v) is 2.09. The first-order valence-electron chi connectivity index (χ1n) is 4.94. The molecule has 82 valence electrons. The van der Waals surface area contributed by atoms with Crippen molar-refractivity contribution in [2.45, 2.75) is 13.0 Å². The SMILES string of the molecule is Clc1cccc(Cl)c1CN1CCCNN1. The molecule has 1 aromatic carbocycles. The molecule has 0 unspecified atom stereocenters. The average Bonchev–Trinajstić information content (AvgIpc) is 2.25. The minimum atomic E-state index is 0.714. The van der Waals surface area contributed by atoms with Gasteiger partial charge >= 0.3 is 0 Å². The molecule has 0 atom stereocenters. The summed E-state index contributed by atoms with van der Waals surface area (Å²) < 4.78 is 0. The molecule has 0 radical (unpaired) electrons. The third kappa shape index (κ3) is 2.83. The van der Waals surface area contributed by atoms with E-state index in [9.17, 15) is 0 Å². The van der Waals surface area contributed by atoms with Crippen molar-refractivity contribution in [3.05, 3.63) is 33.8 Å². The number of rotatable bonds is 2. The van der Waals surface area contributed by atoms with Gasteiger partial charge in [0.25, 0.3) is 0 Å². The highest BCUT2D eigenvalue weighted by Crippen LogP contribution is 2.25. The molecule has 2 N–H and O–H groups in total. The number of hydrogen-bond donors (Lipinski definition) is 2. The maximum Gasteiger partial charge on any atom is 0.0466 e. The Kier molecular flexibility index (Phi) is 3.83. The standard InChI is InChI=1S/C10H13Cl2N3/c11-9-3-1-4-10(12)8(9)7-15-6-2-5-13-14-15/h1,3-4,13-14H,2,5-7H2. The van der Waals surface area contributed by atoms with E-state index >= 15 is 0 Å². The van der Waals surface area contributed by atoms with Crippen molar-refractivity contribution in [3.63, 3.8) is 0 Å². The van der Waals surface area contributed by atoms with E-state index in [1.807, 2.05) is 18.2 Å². The first kappa shape index (κ1) is 11.2. The van der Waals surface area contributed by atoms with Gasteiger partial charge in [-0.1, -0.05) is 29.3 Å². The number of nitrogens with zero attached hydrogens (tertiary/aromatic N) is 1. The van der Waals surface area contributed by atoms with E-state index in [1.165, 1.54) is 0 Å². The minimum absolute atomic E-state index is 0.714. The van der Waals surface area contributed by atoms with E-state index in [4.69, 9.17) is 23.2 Å². The van der Waals surface area contributed by atoms with Crippen LogP contribution < -0.4 is 11.0 Å². The van der Waals surface area contributed by atoms with Gasteiger partial charge in [-0.25, -0.2) is 10.4 Å². The molecule has 1 fully saturated rings. The Morgan fingerprint density at radius 3 is 2.60 bits per heavy atom. The van der Waals surface area contributed by atoms with Gasteiger partial charge in [0.2, 0.25) is 0 Å². The van der Waals surface area contributed by atoms with E-state index < -0.39 is 0 Å². The molecule has 0 amide bonds. The molecular weight excluding hydrogens is 233 g/mol. The molecule has 0 saturated carbocycles. The molecule has 1 aliphatic rings. The number of benzene rings is 1. The Morgan fingerprint density at radius 1 is 1.27 bits per heavy atom. The van der Waals surface area contributed by atoms with Crippen LogP contribution in [0.25, 0.3) is 0 Å². The number of hydrogen-bond acceptors (Lipinski definition) is 3. The lowest BCUT2D eigenvalue weighted by Gasteiger charge is -2.28. The zero-order valence-electron chi connectivity index (χ0n) is 8.26. The first-order chi connectivity index (χ1) is 7.27. The van der Waals surface area contributed by atoms with Crippen LogP contribution in [0.4, 0.5) is 0 Å². The van der Waals surface area contributed by atoms with Gasteiger partial charge in [0.05, 0.1) is 0 Å². The quantitative estimate of drug-likeness (QED) is 0.837. The molecular formula is C10H13Cl2N3. The van der Waals surface area contributed by atoms with E-state index in [1.54, 1.807) is 0 Å². The molecule has 0 aliphatic carbocycles. The van der Waals surface area contributed by atoms with Crippen molar-refractivity contribution in [1.29, 1.82) is 0 Å². The third-order valence-electron chi connectivity index (χ3n) is 2.38. The Morgan fingerprint density at radius 2 is 2.00 bits per heavy atom. The molecule has 0 aromatic heterocycles. The minimum Gasteiger partial charge on any atom is -0.244 e. The molecule has 0 bridgehead atoms. The second kappa shape index (κ2) is 5.14. The van der Waals surface area contributed by atoms with E-state index in [2.05, 4.69) is 16.0 Å². The Balaban J connectivity index is 2.09. The summed E-state index contributed by atoms with van der Waals surface area (Å²) in [5, 5.41) is 3.50. The number of halogens is 2. The smallest absolute Gasteiger partial charge is 0.0466 e. The molecule has 1 aromatic rings. The van der Waals surface area contributed by atoms with Gasteiger partial charge in [-0.3, -0.25) is 0 Å². The number of hydrazine groups is 2. The summed E-state index contributed by atoms with van der Waals surface area (Å²) in [6.07, 6.45) is 1.12. The molecule has 3 nitrogen and oxygen atoms in total. The second-order valence-electron chi connectivity index (χ2n) is 3.51. The molecule has 2 rings (SSSR count). The lowest BCUT2D eigenvalue weighted by molar-refractivity contribution is 0.109. The molecule has 15 heavy (non-hydrogen) atoms. The topological polar surface area (TPSA) is 27.3 Å². The van der Waals surface area contributed by atoms with Crippen molar-refractivity contribution in [1.82, 2.24) is 16.0 Å². The van der Waals surface area contributed by atoms with Gasteiger partial charge in [0.15, 0.2) is 0 Å². The predicted octanol–water partition coefficient (Wildman–Crippen LogP) is 2.21. The Bertz CT molecular complexity index is 317. The van der Waals surface area contributed by atoms with Crippen LogP contribution in [0.2, 0.25) is 10.0 Å². The molecule has 1 heterocycles. The maximum atomic E-state index is 6.09. The fraction of sp³-hybridized carbons (Fsp3) is 0.400. The summed E-state index contributed by atoms with van der Waals surface area (Å²) >= 11 is 12.2. The summed E-state index contributed by atoms with van der Waals surface area (Å²) in [6, 6.07) is 5.58. The van der Waals surface area contributed by atoms with Crippen molar-refractivity contribution in [2.75, 3.05) is 13.1 Å². The van der Waals surface area contributed by atoms with Gasteiger partial charge in [0, 0.05) is 35.2 Å². The number of nitrogens with one attached hydrogen (secondary N) is 2. The van der Waals surface area contributed by atoms with Crippen LogP contribution in [0.1, 0.15) is 12.0 Å². The van der Waals surface area contributed by atoms with Crippen molar-refractivity contribution >= 4 is 23.2 Å². The van der Waals surface area contributed by atoms with Crippen LogP contribution in [0.5, 0.6) is 0 Å². The van der Waals surface area contributed by atoms with Crippen LogP contribution >= 0.6 is 23.2 Å². The summed E-state index contributed by atoms with van der Waals surface area (Å²) in [7, 11) is 0. The maximum absolute atomic E-state index is 6.09. The summed E-state index contributed by atoms with van der Waals surface area (Å²) in [4.78, 5) is 0. The molecule has 5 heteroatoms. The van der Waals surface area contributed by atoms with Crippen molar-refractivity contribution in [3.8, 4) is 0 Å². The summed E-state index contributed by atoms with van der Waals surface area (Å²) in [5.74, 6) is 0. The highest BCUT2D eigenvalue weighted by molar-refractivity contribution is 6.35. The van der Waals surface area contributed by atoms with Gasteiger partial charge in [-0.15, -0.1) is 0 Å². The Labute approximate surface area is 99.3 Å². The highest BCUT2D eigenvalue weighted by atomic mass is 35.5. The Hall–Kier alpha value is -0.320. The van der Waals surface area contributed by atoms with Gasteiger partial charge < -0.3 is 0 Å². The van der Waals surface area contributed by atoms with Crippen molar-refractivity contribution < 1.29 is 0 Å².